The van der Waals surface area contributed by atoms with Crippen molar-refractivity contribution in [1.29, 1.82) is 5.26 Å². The maximum absolute atomic E-state index is 9.83. The van der Waals surface area contributed by atoms with Crippen molar-refractivity contribution >= 4 is 38.5 Å². The molecule has 0 fully saturated rings. The van der Waals surface area contributed by atoms with Gasteiger partial charge in [-0.25, -0.2) is 4.99 Å². The molecule has 0 bridgehead atoms. The van der Waals surface area contributed by atoms with Crippen molar-refractivity contribution in [2.75, 3.05) is 0 Å². The normalized spacial score (nSPS) is 16.0. The van der Waals surface area contributed by atoms with Crippen molar-refractivity contribution in [3.8, 4) is 11.8 Å². The van der Waals surface area contributed by atoms with E-state index in [-0.39, 0.29) is 5.41 Å². The lowest BCUT2D eigenvalue weighted by molar-refractivity contribution is 0.218. The minimum absolute atomic E-state index is 0.281. The monoisotopic (exact) mass is 506 g/mol. The smallest absolute Gasteiger partial charge is 0.134 e. The highest BCUT2D eigenvalue weighted by molar-refractivity contribution is 9.10. The molecule has 32 heavy (non-hydrogen) atoms. The van der Waals surface area contributed by atoms with Gasteiger partial charge in [0.05, 0.1) is 5.56 Å². The lowest BCUT2D eigenvalue weighted by Gasteiger charge is -2.33. The van der Waals surface area contributed by atoms with E-state index in [0.717, 1.165) is 51.2 Å². The van der Waals surface area contributed by atoms with Crippen LogP contribution in [0.5, 0.6) is 5.75 Å². The fourth-order valence-corrected chi connectivity index (χ4v) is 5.59. The van der Waals surface area contributed by atoms with Gasteiger partial charge in [-0.15, -0.1) is 11.3 Å². The molecular weight excluding hydrogens is 480 g/mol. The van der Waals surface area contributed by atoms with Crippen LogP contribution < -0.4 is 4.74 Å². The van der Waals surface area contributed by atoms with Gasteiger partial charge in [-0.1, -0.05) is 61.0 Å². The number of benzene rings is 2. The molecule has 1 aliphatic carbocycles. The van der Waals surface area contributed by atoms with Gasteiger partial charge >= 0.3 is 0 Å². The number of aliphatic imine (C=N–C) groups is 1. The number of ether oxygens (including phenoxy) is 1. The summed E-state index contributed by atoms with van der Waals surface area (Å²) in [6, 6.07) is 18.4. The summed E-state index contributed by atoms with van der Waals surface area (Å²) >= 11 is 5.14. The number of hydrogen-bond acceptors (Lipinski definition) is 4. The van der Waals surface area contributed by atoms with Crippen molar-refractivity contribution in [2.45, 2.75) is 46.6 Å². The second kappa shape index (κ2) is 9.60. The van der Waals surface area contributed by atoms with Crippen molar-refractivity contribution < 1.29 is 4.74 Å². The minimum atomic E-state index is 0.281. The number of rotatable bonds is 5. The van der Waals surface area contributed by atoms with Crippen LogP contribution in [-0.2, 0) is 19.4 Å². The van der Waals surface area contributed by atoms with E-state index in [0.29, 0.717) is 12.5 Å². The molecular formula is C27H27BrN2OS. The predicted octanol–water partition coefficient (Wildman–Crippen LogP) is 7.86. The average molecular weight is 507 g/mol. The molecule has 0 radical (unpaired) electrons. The number of nitriles is 1. The number of thiophene rings is 1. The molecule has 2 aromatic carbocycles. The summed E-state index contributed by atoms with van der Waals surface area (Å²) in [6.45, 7) is 7.42. The Labute approximate surface area is 202 Å². The van der Waals surface area contributed by atoms with E-state index in [9.17, 15) is 5.26 Å². The van der Waals surface area contributed by atoms with E-state index in [1.165, 1.54) is 10.4 Å². The van der Waals surface area contributed by atoms with Crippen molar-refractivity contribution in [3.05, 3.63) is 80.1 Å². The Kier molecular flexibility index (Phi) is 6.83. The number of fused-ring (bicyclic) bond motifs is 1. The Bertz CT molecular complexity index is 1170. The largest absolute Gasteiger partial charge is 0.488 e. The topological polar surface area (TPSA) is 45.4 Å². The highest BCUT2D eigenvalue weighted by atomic mass is 79.9. The van der Waals surface area contributed by atoms with E-state index >= 15 is 0 Å². The molecule has 0 saturated carbocycles. The fourth-order valence-electron chi connectivity index (χ4n) is 4.11. The van der Waals surface area contributed by atoms with Crippen LogP contribution in [0.2, 0.25) is 0 Å². The summed E-state index contributed by atoms with van der Waals surface area (Å²) < 4.78 is 7.12. The molecule has 0 N–H and O–H groups in total. The molecule has 1 heterocycles. The number of nitrogens with zero attached hydrogens (tertiary/aromatic N) is 2. The van der Waals surface area contributed by atoms with Crippen molar-refractivity contribution in [1.82, 2.24) is 0 Å². The third kappa shape index (κ3) is 5.14. The molecule has 5 heteroatoms. The zero-order chi connectivity index (χ0) is 22.7. The van der Waals surface area contributed by atoms with Crippen LogP contribution in [0, 0.1) is 22.7 Å². The van der Waals surface area contributed by atoms with Gasteiger partial charge in [-0.2, -0.15) is 5.26 Å². The Morgan fingerprint density at radius 3 is 2.66 bits per heavy atom. The Morgan fingerprint density at radius 1 is 1.19 bits per heavy atom. The highest BCUT2D eigenvalue weighted by Crippen LogP contribution is 2.44. The Hall–Kier alpha value is -2.42. The molecule has 164 valence electrons. The van der Waals surface area contributed by atoms with Gasteiger partial charge in [-0.3, -0.25) is 0 Å². The Balaban J connectivity index is 1.55. The molecule has 0 saturated heterocycles. The first-order chi connectivity index (χ1) is 15.3. The first-order valence-electron chi connectivity index (χ1n) is 10.9. The first-order valence-corrected chi connectivity index (χ1v) is 12.5. The third-order valence-electron chi connectivity index (χ3n) is 6.13. The highest BCUT2D eigenvalue weighted by Gasteiger charge is 2.32. The fraction of sp³-hybridized carbons (Fsp3) is 0.333. The van der Waals surface area contributed by atoms with Crippen LogP contribution in [-0.4, -0.2) is 6.21 Å². The molecule has 3 aromatic rings. The zero-order valence-electron chi connectivity index (χ0n) is 18.7. The first kappa shape index (κ1) is 22.8. The maximum Gasteiger partial charge on any atom is 0.134 e. The van der Waals surface area contributed by atoms with Crippen LogP contribution in [0.25, 0.3) is 0 Å². The van der Waals surface area contributed by atoms with Crippen molar-refractivity contribution in [2.24, 2.45) is 16.3 Å². The maximum atomic E-state index is 9.83. The molecule has 0 spiro atoms. The quantitative estimate of drug-likeness (QED) is 0.330. The zero-order valence-corrected chi connectivity index (χ0v) is 21.1. The van der Waals surface area contributed by atoms with Gasteiger partial charge < -0.3 is 4.74 Å². The lowest BCUT2D eigenvalue weighted by atomic mass is 9.72. The van der Waals surface area contributed by atoms with E-state index in [4.69, 9.17) is 9.73 Å². The van der Waals surface area contributed by atoms with Crippen molar-refractivity contribution in [3.63, 3.8) is 0 Å². The number of para-hydroxylation sites is 1. The summed E-state index contributed by atoms with van der Waals surface area (Å²) in [5.74, 6) is 1.43. The molecule has 1 aromatic heterocycles. The van der Waals surface area contributed by atoms with Gasteiger partial charge in [0.1, 0.15) is 23.4 Å². The second-order valence-electron chi connectivity index (χ2n) is 9.31. The summed E-state index contributed by atoms with van der Waals surface area (Å²) in [5, 5.41) is 10.6. The summed E-state index contributed by atoms with van der Waals surface area (Å²) in [4.78, 5) is 6.08. The van der Waals surface area contributed by atoms with E-state index in [1.54, 1.807) is 11.3 Å². The van der Waals surface area contributed by atoms with E-state index in [1.807, 2.05) is 54.7 Å². The van der Waals surface area contributed by atoms with Crippen LogP contribution in [0.3, 0.4) is 0 Å². The molecule has 0 aliphatic heterocycles. The molecule has 0 unspecified atom stereocenters. The summed E-state index contributed by atoms with van der Waals surface area (Å²) in [5.41, 5.74) is 4.26. The number of halogens is 1. The molecule has 3 nitrogen and oxygen atoms in total. The van der Waals surface area contributed by atoms with Gasteiger partial charge in [0, 0.05) is 21.1 Å². The third-order valence-corrected chi connectivity index (χ3v) is 7.82. The SMILES string of the molecule is CC(C)(C)[C@@H]1CCc2c(sc(N=Cc3ccccc3OCc3ccc(Br)cc3)c2C#N)C1. The Morgan fingerprint density at radius 2 is 1.94 bits per heavy atom. The van der Waals surface area contributed by atoms with Gasteiger partial charge in [0.15, 0.2) is 0 Å². The van der Waals surface area contributed by atoms with Gasteiger partial charge in [0.2, 0.25) is 0 Å². The van der Waals surface area contributed by atoms with E-state index < -0.39 is 0 Å². The minimum Gasteiger partial charge on any atom is -0.488 e. The summed E-state index contributed by atoms with van der Waals surface area (Å²) in [6.07, 6.45) is 4.98. The number of hydrogen-bond donors (Lipinski definition) is 0. The molecule has 1 atom stereocenters. The lowest BCUT2D eigenvalue weighted by Crippen LogP contribution is -2.26. The van der Waals surface area contributed by atoms with Gasteiger partial charge in [0.25, 0.3) is 0 Å². The van der Waals surface area contributed by atoms with Crippen LogP contribution in [0.1, 0.15) is 54.3 Å². The second-order valence-corrected chi connectivity index (χ2v) is 11.3. The van der Waals surface area contributed by atoms with Crippen LogP contribution in [0.15, 0.2) is 58.0 Å². The van der Waals surface area contributed by atoms with Crippen LogP contribution in [0.4, 0.5) is 5.00 Å². The van der Waals surface area contributed by atoms with E-state index in [2.05, 4.69) is 42.8 Å². The molecule has 1 aliphatic rings. The molecule has 0 amide bonds. The molecule has 4 rings (SSSR count). The van der Waals surface area contributed by atoms with Gasteiger partial charge in [-0.05, 0) is 66.0 Å². The standard InChI is InChI=1S/C27H27BrN2OS/c1-27(2,3)20-10-13-22-23(15-29)26(32-25(22)14-20)30-16-19-6-4-5-7-24(19)31-17-18-8-11-21(28)12-9-18/h4-9,11-12,16,20H,10,13-14,17H2,1-3H3/t20-/m1/s1. The predicted molar refractivity (Wildman–Crippen MR) is 136 cm³/mol. The average Bonchev–Trinajstić information content (AvgIpc) is 3.14. The van der Waals surface area contributed by atoms with Crippen LogP contribution >= 0.6 is 27.3 Å². The summed E-state index contributed by atoms with van der Waals surface area (Å²) in [7, 11) is 0.